The van der Waals surface area contributed by atoms with Crippen LogP contribution in [0.5, 0.6) is 0 Å². The number of likely N-dealkylation sites (tertiary alicyclic amines) is 1. The SMILES string of the molecule is COCCC1(c2noc(C3CCOCC3)n2)CCCN(C(=O)c2cncn2C)C1. The van der Waals surface area contributed by atoms with Crippen LogP contribution < -0.4 is 0 Å². The molecule has 4 rings (SSSR count). The molecule has 1 atom stereocenters. The van der Waals surface area contributed by atoms with Gasteiger partial charge in [0.25, 0.3) is 5.91 Å². The Bertz CT molecular complexity index is 828. The molecule has 2 fully saturated rings. The molecule has 0 N–H and O–H groups in total. The number of ether oxygens (including phenoxy) is 2. The first-order valence-corrected chi connectivity index (χ1v) is 10.3. The van der Waals surface area contributed by atoms with Crippen molar-refractivity contribution in [2.24, 2.45) is 7.05 Å². The number of aromatic nitrogens is 4. The van der Waals surface area contributed by atoms with Gasteiger partial charge < -0.3 is 23.5 Å². The molecular formula is C20H29N5O4. The predicted octanol–water partition coefficient (Wildman–Crippen LogP) is 1.91. The maximum absolute atomic E-state index is 13.1. The number of carbonyl (C=O) groups is 1. The molecule has 0 bridgehead atoms. The van der Waals surface area contributed by atoms with E-state index in [1.807, 2.05) is 11.9 Å². The molecule has 0 saturated carbocycles. The minimum Gasteiger partial charge on any atom is -0.385 e. The van der Waals surface area contributed by atoms with Crippen LogP contribution in [0.4, 0.5) is 0 Å². The molecule has 4 heterocycles. The first kappa shape index (κ1) is 20.0. The monoisotopic (exact) mass is 403 g/mol. The lowest BCUT2D eigenvalue weighted by Crippen LogP contribution is -2.50. The maximum Gasteiger partial charge on any atom is 0.272 e. The quantitative estimate of drug-likeness (QED) is 0.727. The van der Waals surface area contributed by atoms with Crippen LogP contribution in [0, 0.1) is 0 Å². The Morgan fingerprint density at radius 3 is 2.93 bits per heavy atom. The van der Waals surface area contributed by atoms with Gasteiger partial charge in [-0.2, -0.15) is 4.98 Å². The molecule has 29 heavy (non-hydrogen) atoms. The second kappa shape index (κ2) is 8.62. The zero-order valence-corrected chi connectivity index (χ0v) is 17.2. The Morgan fingerprint density at radius 1 is 1.38 bits per heavy atom. The number of imidazole rings is 1. The van der Waals surface area contributed by atoms with Gasteiger partial charge in [-0.1, -0.05) is 5.16 Å². The molecule has 0 aromatic carbocycles. The van der Waals surface area contributed by atoms with Crippen molar-refractivity contribution in [3.63, 3.8) is 0 Å². The number of aryl methyl sites for hydroxylation is 1. The number of nitrogens with zero attached hydrogens (tertiary/aromatic N) is 5. The fourth-order valence-electron chi connectivity index (χ4n) is 4.39. The summed E-state index contributed by atoms with van der Waals surface area (Å²) in [6.45, 7) is 3.29. The van der Waals surface area contributed by atoms with Crippen LogP contribution >= 0.6 is 0 Å². The van der Waals surface area contributed by atoms with E-state index in [9.17, 15) is 4.79 Å². The Morgan fingerprint density at radius 2 is 2.21 bits per heavy atom. The highest BCUT2D eigenvalue weighted by molar-refractivity contribution is 5.92. The molecule has 2 saturated heterocycles. The predicted molar refractivity (Wildman–Crippen MR) is 104 cm³/mol. The van der Waals surface area contributed by atoms with E-state index in [0.29, 0.717) is 37.1 Å². The topological polar surface area (TPSA) is 95.5 Å². The van der Waals surface area contributed by atoms with Crippen molar-refractivity contribution in [2.75, 3.05) is 40.0 Å². The van der Waals surface area contributed by atoms with Crippen LogP contribution in [0.15, 0.2) is 17.0 Å². The first-order chi connectivity index (χ1) is 14.1. The molecule has 158 valence electrons. The van der Waals surface area contributed by atoms with E-state index in [4.69, 9.17) is 19.0 Å². The van der Waals surface area contributed by atoms with E-state index in [-0.39, 0.29) is 17.2 Å². The number of rotatable bonds is 6. The standard InChI is InChI=1S/C20H29N5O4/c1-24-14-21-12-16(24)18(26)25-8-3-6-20(13-25,7-11-27-2)19-22-17(29-23-19)15-4-9-28-10-5-15/h12,14-15H,3-11,13H2,1-2H3. The third kappa shape index (κ3) is 4.06. The van der Waals surface area contributed by atoms with Crippen LogP contribution in [0.3, 0.4) is 0 Å². The van der Waals surface area contributed by atoms with Gasteiger partial charge in [-0.15, -0.1) is 0 Å². The fourth-order valence-corrected chi connectivity index (χ4v) is 4.39. The van der Waals surface area contributed by atoms with Crippen molar-refractivity contribution in [1.29, 1.82) is 0 Å². The normalized spacial score (nSPS) is 23.4. The van der Waals surface area contributed by atoms with Crippen molar-refractivity contribution in [2.45, 2.75) is 43.4 Å². The molecule has 2 aromatic heterocycles. The third-order valence-corrected chi connectivity index (χ3v) is 6.17. The molecule has 1 unspecified atom stereocenters. The van der Waals surface area contributed by atoms with Gasteiger partial charge in [-0.3, -0.25) is 4.79 Å². The van der Waals surface area contributed by atoms with Gasteiger partial charge in [0.05, 0.1) is 17.9 Å². The molecule has 2 aliphatic heterocycles. The fraction of sp³-hybridized carbons (Fsp3) is 0.700. The summed E-state index contributed by atoms with van der Waals surface area (Å²) in [6, 6.07) is 0. The molecule has 9 nitrogen and oxygen atoms in total. The van der Waals surface area contributed by atoms with Gasteiger partial charge in [0, 0.05) is 53.0 Å². The molecule has 9 heteroatoms. The molecule has 2 aromatic rings. The van der Waals surface area contributed by atoms with Crippen LogP contribution in [-0.2, 0) is 21.9 Å². The molecule has 0 aliphatic carbocycles. The average Bonchev–Trinajstić information content (AvgIpc) is 3.42. The lowest BCUT2D eigenvalue weighted by molar-refractivity contribution is 0.0558. The van der Waals surface area contributed by atoms with Crippen molar-refractivity contribution in [1.82, 2.24) is 24.6 Å². The summed E-state index contributed by atoms with van der Waals surface area (Å²) in [6.07, 6.45) is 7.59. The Hall–Kier alpha value is -2.26. The lowest BCUT2D eigenvalue weighted by Gasteiger charge is -2.40. The highest BCUT2D eigenvalue weighted by atomic mass is 16.5. The summed E-state index contributed by atoms with van der Waals surface area (Å²) in [5.41, 5.74) is 0.221. The van der Waals surface area contributed by atoms with Gasteiger partial charge in [-0.25, -0.2) is 4.98 Å². The second-order valence-electron chi connectivity index (χ2n) is 8.09. The smallest absolute Gasteiger partial charge is 0.272 e. The molecule has 0 radical (unpaired) electrons. The van der Waals surface area contributed by atoms with Crippen molar-refractivity contribution < 1.29 is 18.8 Å². The number of hydrogen-bond acceptors (Lipinski definition) is 7. The van der Waals surface area contributed by atoms with Gasteiger partial charge >= 0.3 is 0 Å². The maximum atomic E-state index is 13.1. The minimum absolute atomic E-state index is 0.0142. The molecule has 1 amide bonds. The first-order valence-electron chi connectivity index (χ1n) is 10.3. The number of amides is 1. The van der Waals surface area contributed by atoms with Crippen LogP contribution in [-0.4, -0.2) is 70.5 Å². The summed E-state index contributed by atoms with van der Waals surface area (Å²) in [7, 11) is 3.53. The molecular weight excluding hydrogens is 374 g/mol. The Labute approximate surface area is 170 Å². The van der Waals surface area contributed by atoms with Gasteiger partial charge in [0.1, 0.15) is 5.69 Å². The second-order valence-corrected chi connectivity index (χ2v) is 8.09. The van der Waals surface area contributed by atoms with Gasteiger partial charge in [0.15, 0.2) is 5.82 Å². The third-order valence-electron chi connectivity index (χ3n) is 6.17. The van der Waals surface area contributed by atoms with E-state index >= 15 is 0 Å². The summed E-state index contributed by atoms with van der Waals surface area (Å²) < 4.78 is 18.3. The van der Waals surface area contributed by atoms with E-state index in [2.05, 4.69) is 10.1 Å². The number of hydrogen-bond donors (Lipinski definition) is 0. The van der Waals surface area contributed by atoms with Gasteiger partial charge in [0.2, 0.25) is 5.89 Å². The number of piperidine rings is 1. The minimum atomic E-state index is -0.366. The highest BCUT2D eigenvalue weighted by Crippen LogP contribution is 2.37. The van der Waals surface area contributed by atoms with Crippen molar-refractivity contribution in [3.8, 4) is 0 Å². The zero-order valence-electron chi connectivity index (χ0n) is 17.2. The van der Waals surface area contributed by atoms with Crippen LogP contribution in [0.25, 0.3) is 0 Å². The zero-order chi connectivity index (χ0) is 20.3. The van der Waals surface area contributed by atoms with Crippen LogP contribution in [0.2, 0.25) is 0 Å². The van der Waals surface area contributed by atoms with Crippen LogP contribution in [0.1, 0.15) is 60.2 Å². The summed E-state index contributed by atoms with van der Waals surface area (Å²) >= 11 is 0. The van der Waals surface area contributed by atoms with E-state index in [0.717, 1.165) is 45.3 Å². The Kier molecular flexibility index (Phi) is 5.96. The van der Waals surface area contributed by atoms with E-state index < -0.39 is 0 Å². The van der Waals surface area contributed by atoms with E-state index in [1.54, 1.807) is 24.2 Å². The number of methoxy groups -OCH3 is 1. The van der Waals surface area contributed by atoms with E-state index in [1.165, 1.54) is 0 Å². The summed E-state index contributed by atoms with van der Waals surface area (Å²) in [4.78, 5) is 23.9. The lowest BCUT2D eigenvalue weighted by atomic mass is 9.76. The highest BCUT2D eigenvalue weighted by Gasteiger charge is 2.43. The largest absolute Gasteiger partial charge is 0.385 e. The number of carbonyl (C=O) groups excluding carboxylic acids is 1. The summed E-state index contributed by atoms with van der Waals surface area (Å²) in [5, 5.41) is 4.38. The molecule has 2 aliphatic rings. The molecule has 0 spiro atoms. The van der Waals surface area contributed by atoms with Crippen molar-refractivity contribution in [3.05, 3.63) is 29.9 Å². The van der Waals surface area contributed by atoms with Crippen molar-refractivity contribution >= 4 is 5.91 Å². The Balaban J connectivity index is 1.58. The van der Waals surface area contributed by atoms with Gasteiger partial charge in [-0.05, 0) is 32.1 Å². The summed E-state index contributed by atoms with van der Waals surface area (Å²) in [5.74, 6) is 1.62. The average molecular weight is 403 g/mol.